The summed E-state index contributed by atoms with van der Waals surface area (Å²) in [6.07, 6.45) is -0.618. The van der Waals surface area contributed by atoms with Crippen molar-refractivity contribution in [2.45, 2.75) is 22.9 Å². The Bertz CT molecular complexity index is 1050. The van der Waals surface area contributed by atoms with Crippen molar-refractivity contribution in [1.82, 2.24) is 15.0 Å². The highest BCUT2D eigenvalue weighted by Crippen LogP contribution is 2.33. The number of rotatable bonds is 3. The van der Waals surface area contributed by atoms with Gasteiger partial charge >= 0.3 is 6.18 Å². The summed E-state index contributed by atoms with van der Waals surface area (Å²) in [7, 11) is -4.27. The molecule has 2 aromatic heterocycles. The Morgan fingerprint density at radius 3 is 2.46 bits per heavy atom. The molecule has 0 bridgehead atoms. The van der Waals surface area contributed by atoms with E-state index in [0.29, 0.717) is 17.5 Å². The molecule has 5 nitrogen and oxygen atoms in total. The number of halogens is 3. The minimum absolute atomic E-state index is 0.0861. The molecule has 0 N–H and O–H groups in total. The van der Waals surface area contributed by atoms with Gasteiger partial charge in [-0.2, -0.15) is 13.2 Å². The molecule has 3 aromatic rings. The van der Waals surface area contributed by atoms with Crippen LogP contribution in [0.1, 0.15) is 11.4 Å². The molecular weight excluding hydrogens is 367 g/mol. The number of nitrogens with zero attached hydrogens (tertiary/aromatic N) is 3. The average molecular weight is 379 g/mol. The van der Waals surface area contributed by atoms with Crippen LogP contribution in [0.4, 0.5) is 13.2 Å². The first-order chi connectivity index (χ1) is 12.2. The van der Waals surface area contributed by atoms with Gasteiger partial charge in [0.25, 0.3) is 0 Å². The molecule has 0 aliphatic carbocycles. The summed E-state index contributed by atoms with van der Waals surface area (Å²) in [6.45, 7) is 1.58. The molecule has 0 saturated heterocycles. The molecule has 0 spiro atoms. The minimum atomic E-state index is -4.65. The summed E-state index contributed by atoms with van der Waals surface area (Å²) in [6, 6.07) is 6.79. The van der Waals surface area contributed by atoms with Gasteiger partial charge in [-0.25, -0.2) is 18.4 Å². The van der Waals surface area contributed by atoms with Crippen LogP contribution in [0, 0.1) is 6.92 Å². The van der Waals surface area contributed by atoms with Gasteiger partial charge in [0.05, 0.1) is 22.3 Å². The second kappa shape index (κ2) is 6.49. The summed E-state index contributed by atoms with van der Waals surface area (Å²) >= 11 is 0. The van der Waals surface area contributed by atoms with E-state index in [9.17, 15) is 21.6 Å². The van der Waals surface area contributed by atoms with Gasteiger partial charge in [0.1, 0.15) is 10.7 Å². The Morgan fingerprint density at radius 1 is 1.04 bits per heavy atom. The van der Waals surface area contributed by atoms with Crippen LogP contribution in [-0.2, 0) is 16.0 Å². The maximum Gasteiger partial charge on any atom is 0.416 e. The van der Waals surface area contributed by atoms with E-state index in [0.717, 1.165) is 24.4 Å². The maximum atomic E-state index is 13.0. The topological polar surface area (TPSA) is 72.8 Å². The fraction of sp³-hybridized carbons (Fsp3) is 0.118. The number of hydrogen-bond donors (Lipinski definition) is 0. The van der Waals surface area contributed by atoms with Gasteiger partial charge in [0.2, 0.25) is 9.84 Å². The standard InChI is InChI=1S/C17H12F3N3O2S/c1-11-22-10-15(16(23-11)12-4-3-7-21-9-12)26(24,25)14-6-2-5-13(8-14)17(18,19)20/h2-10H,1H3. The van der Waals surface area contributed by atoms with E-state index in [2.05, 4.69) is 15.0 Å². The van der Waals surface area contributed by atoms with Crippen molar-refractivity contribution < 1.29 is 21.6 Å². The highest BCUT2D eigenvalue weighted by Gasteiger charge is 2.32. The number of pyridine rings is 1. The summed E-state index contributed by atoms with van der Waals surface area (Å²) in [4.78, 5) is 11.2. The lowest BCUT2D eigenvalue weighted by atomic mass is 10.2. The Labute approximate surface area is 147 Å². The van der Waals surface area contributed by atoms with Gasteiger partial charge in [-0.3, -0.25) is 4.98 Å². The van der Waals surface area contributed by atoms with E-state index in [1.807, 2.05) is 0 Å². The molecule has 1 aromatic carbocycles. The third kappa shape index (κ3) is 3.43. The van der Waals surface area contributed by atoms with E-state index < -0.39 is 26.5 Å². The van der Waals surface area contributed by atoms with Crippen LogP contribution >= 0.6 is 0 Å². The molecule has 0 amide bonds. The fourth-order valence-corrected chi connectivity index (χ4v) is 3.74. The second-order valence-electron chi connectivity index (χ2n) is 5.40. The lowest BCUT2D eigenvalue weighted by Gasteiger charge is -2.12. The Balaban J connectivity index is 2.21. The summed E-state index contributed by atoms with van der Waals surface area (Å²) < 4.78 is 64.7. The fourth-order valence-electron chi connectivity index (χ4n) is 2.33. The van der Waals surface area contributed by atoms with E-state index in [1.54, 1.807) is 19.1 Å². The number of benzene rings is 1. The Hall–Kier alpha value is -2.81. The van der Waals surface area contributed by atoms with E-state index in [-0.39, 0.29) is 10.6 Å². The largest absolute Gasteiger partial charge is 0.416 e. The molecule has 0 atom stereocenters. The molecule has 0 aliphatic heterocycles. The van der Waals surface area contributed by atoms with Crippen molar-refractivity contribution in [2.24, 2.45) is 0 Å². The second-order valence-corrected chi connectivity index (χ2v) is 7.32. The Kier molecular flexibility index (Phi) is 4.49. The third-order valence-corrected chi connectivity index (χ3v) is 5.32. The molecule has 2 heterocycles. The number of aromatic nitrogens is 3. The summed E-state index contributed by atoms with van der Waals surface area (Å²) in [5.41, 5.74) is -0.541. The smallest absolute Gasteiger partial charge is 0.264 e. The zero-order valence-electron chi connectivity index (χ0n) is 13.4. The lowest BCUT2D eigenvalue weighted by molar-refractivity contribution is -0.137. The zero-order chi connectivity index (χ0) is 18.9. The van der Waals surface area contributed by atoms with Crippen LogP contribution in [0.15, 0.2) is 64.8 Å². The van der Waals surface area contributed by atoms with Gasteiger partial charge in [0.15, 0.2) is 0 Å². The van der Waals surface area contributed by atoms with E-state index >= 15 is 0 Å². The average Bonchev–Trinajstić information content (AvgIpc) is 2.61. The zero-order valence-corrected chi connectivity index (χ0v) is 14.2. The highest BCUT2D eigenvalue weighted by molar-refractivity contribution is 7.91. The van der Waals surface area contributed by atoms with Crippen LogP contribution in [-0.4, -0.2) is 23.4 Å². The molecule has 0 fully saturated rings. The molecule has 3 rings (SSSR count). The molecule has 0 aliphatic rings. The maximum absolute atomic E-state index is 13.0. The Morgan fingerprint density at radius 2 is 1.81 bits per heavy atom. The predicted octanol–water partition coefficient (Wildman–Crippen LogP) is 3.70. The quantitative estimate of drug-likeness (QED) is 0.694. The molecule has 9 heteroatoms. The SMILES string of the molecule is Cc1ncc(S(=O)(=O)c2cccc(C(F)(F)F)c2)c(-c2cccnc2)n1. The number of hydrogen-bond acceptors (Lipinski definition) is 5. The van der Waals surface area contributed by atoms with Crippen LogP contribution in [0.2, 0.25) is 0 Å². The van der Waals surface area contributed by atoms with Gasteiger partial charge in [0, 0.05) is 18.0 Å². The van der Waals surface area contributed by atoms with Gasteiger partial charge in [-0.05, 0) is 37.3 Å². The first kappa shape index (κ1) is 18.0. The van der Waals surface area contributed by atoms with E-state index in [1.165, 1.54) is 12.4 Å². The molecule has 0 unspecified atom stereocenters. The van der Waals surface area contributed by atoms with Gasteiger partial charge in [-0.15, -0.1) is 0 Å². The lowest BCUT2D eigenvalue weighted by Crippen LogP contribution is -2.10. The minimum Gasteiger partial charge on any atom is -0.264 e. The summed E-state index contributed by atoms with van der Waals surface area (Å²) in [5.74, 6) is 0.326. The van der Waals surface area contributed by atoms with Crippen molar-refractivity contribution in [2.75, 3.05) is 0 Å². The van der Waals surface area contributed by atoms with E-state index in [4.69, 9.17) is 0 Å². The van der Waals surface area contributed by atoms with Crippen molar-refractivity contribution in [3.8, 4) is 11.3 Å². The predicted molar refractivity (Wildman–Crippen MR) is 86.9 cm³/mol. The summed E-state index contributed by atoms with van der Waals surface area (Å²) in [5, 5.41) is 0. The van der Waals surface area contributed by atoms with Crippen molar-refractivity contribution in [3.05, 3.63) is 66.4 Å². The van der Waals surface area contributed by atoms with Crippen molar-refractivity contribution in [1.29, 1.82) is 0 Å². The number of aryl methyl sites for hydroxylation is 1. The van der Waals surface area contributed by atoms with Crippen molar-refractivity contribution in [3.63, 3.8) is 0 Å². The molecule has 134 valence electrons. The molecule has 26 heavy (non-hydrogen) atoms. The normalized spacial score (nSPS) is 12.2. The van der Waals surface area contributed by atoms with Crippen LogP contribution in [0.5, 0.6) is 0 Å². The molecule has 0 radical (unpaired) electrons. The monoisotopic (exact) mass is 379 g/mol. The third-order valence-electron chi connectivity index (χ3n) is 3.57. The highest BCUT2D eigenvalue weighted by atomic mass is 32.2. The van der Waals surface area contributed by atoms with Crippen LogP contribution in [0.3, 0.4) is 0 Å². The molecular formula is C17H12F3N3O2S. The first-order valence-electron chi connectivity index (χ1n) is 7.36. The number of sulfone groups is 1. The first-order valence-corrected chi connectivity index (χ1v) is 8.84. The van der Waals surface area contributed by atoms with Crippen LogP contribution < -0.4 is 0 Å². The molecule has 0 saturated carbocycles. The van der Waals surface area contributed by atoms with Gasteiger partial charge < -0.3 is 0 Å². The van der Waals surface area contributed by atoms with Crippen LogP contribution in [0.25, 0.3) is 11.3 Å². The van der Waals surface area contributed by atoms with Gasteiger partial charge in [-0.1, -0.05) is 6.07 Å². The number of alkyl halides is 3. The van der Waals surface area contributed by atoms with Crippen molar-refractivity contribution >= 4 is 9.84 Å².